The van der Waals surface area contributed by atoms with Crippen LogP contribution in [0.2, 0.25) is 0 Å². The van der Waals surface area contributed by atoms with E-state index in [1.165, 1.54) is 32.1 Å². The minimum atomic E-state index is -0.135. The van der Waals surface area contributed by atoms with Gasteiger partial charge < -0.3 is 4.74 Å². The second-order valence-corrected chi connectivity index (χ2v) is 5.53. The van der Waals surface area contributed by atoms with Crippen LogP contribution in [0, 0.1) is 5.41 Å². The second kappa shape index (κ2) is 5.52. The maximum absolute atomic E-state index is 11.4. The first-order valence-corrected chi connectivity index (χ1v) is 6.70. The quantitative estimate of drug-likeness (QED) is 0.549. The first-order valence-electron chi connectivity index (χ1n) is 6.70. The van der Waals surface area contributed by atoms with E-state index < -0.39 is 0 Å². The fraction of sp³-hybridized carbons (Fsp3) is 0.667. The van der Waals surface area contributed by atoms with Gasteiger partial charge in [-0.15, -0.1) is 0 Å². The molecule has 2 aliphatic carbocycles. The number of ketones is 1. The van der Waals surface area contributed by atoms with Crippen molar-refractivity contribution >= 4 is 5.78 Å². The van der Waals surface area contributed by atoms with Crippen LogP contribution in [0.4, 0.5) is 0 Å². The Bertz CT molecular complexity index is 324. The summed E-state index contributed by atoms with van der Waals surface area (Å²) in [5, 5.41) is 0. The number of hydrogen-bond donors (Lipinski definition) is 0. The predicted molar refractivity (Wildman–Crippen MR) is 68.6 cm³/mol. The summed E-state index contributed by atoms with van der Waals surface area (Å²) in [4.78, 5) is 11.4. The Morgan fingerprint density at radius 1 is 1.35 bits per heavy atom. The van der Waals surface area contributed by atoms with Gasteiger partial charge in [-0.05, 0) is 31.8 Å². The lowest BCUT2D eigenvalue weighted by molar-refractivity contribution is -0.119. The lowest BCUT2D eigenvalue weighted by atomic mass is 9.80. The molecule has 2 heteroatoms. The molecule has 17 heavy (non-hydrogen) atoms. The molecule has 0 bridgehead atoms. The molecule has 0 amide bonds. The number of carbonyl (C=O) groups is 1. The van der Waals surface area contributed by atoms with E-state index in [1.54, 1.807) is 0 Å². The summed E-state index contributed by atoms with van der Waals surface area (Å²) < 4.78 is 5.76. The van der Waals surface area contributed by atoms with Crippen LogP contribution in [-0.2, 0) is 9.53 Å². The molecule has 1 atom stereocenters. The predicted octanol–water partition coefficient (Wildman–Crippen LogP) is 3.77. The highest BCUT2D eigenvalue weighted by Gasteiger charge is 2.24. The largest absolute Gasteiger partial charge is 0.498 e. The monoisotopic (exact) mass is 234 g/mol. The molecular weight excluding hydrogens is 212 g/mol. The zero-order valence-electron chi connectivity index (χ0n) is 10.7. The molecule has 0 spiro atoms. The molecule has 0 aromatic rings. The standard InChI is InChI=1S/C15H22O2/c1-15(9-5-6-13(16)12-15)10-11-17-14-7-3-2-4-8-14/h5,9-11,14H,2-4,6-8,12H2,1H3. The molecule has 1 unspecified atom stereocenters. The average molecular weight is 234 g/mol. The second-order valence-electron chi connectivity index (χ2n) is 5.53. The van der Waals surface area contributed by atoms with Crippen molar-refractivity contribution in [3.63, 3.8) is 0 Å². The van der Waals surface area contributed by atoms with Crippen LogP contribution in [0.25, 0.3) is 0 Å². The van der Waals surface area contributed by atoms with Crippen molar-refractivity contribution < 1.29 is 9.53 Å². The molecule has 2 rings (SSSR count). The van der Waals surface area contributed by atoms with Crippen molar-refractivity contribution in [3.05, 3.63) is 24.5 Å². The van der Waals surface area contributed by atoms with Crippen molar-refractivity contribution in [2.75, 3.05) is 0 Å². The van der Waals surface area contributed by atoms with Gasteiger partial charge in [0, 0.05) is 18.3 Å². The number of Topliss-reactive ketones (excluding diaryl/α,β-unsaturated/α-hetero) is 1. The molecule has 0 aromatic carbocycles. The first kappa shape index (κ1) is 12.4. The number of ether oxygens (including phenoxy) is 1. The van der Waals surface area contributed by atoms with Gasteiger partial charge in [0.25, 0.3) is 0 Å². The summed E-state index contributed by atoms with van der Waals surface area (Å²) >= 11 is 0. The van der Waals surface area contributed by atoms with E-state index >= 15 is 0 Å². The molecule has 1 saturated carbocycles. The van der Waals surface area contributed by atoms with Crippen molar-refractivity contribution in [3.8, 4) is 0 Å². The number of allylic oxidation sites excluding steroid dienone is 3. The topological polar surface area (TPSA) is 26.3 Å². The van der Waals surface area contributed by atoms with Crippen LogP contribution in [-0.4, -0.2) is 11.9 Å². The van der Waals surface area contributed by atoms with Gasteiger partial charge in [0.2, 0.25) is 0 Å². The highest BCUT2D eigenvalue weighted by molar-refractivity contribution is 5.82. The Kier molecular flexibility index (Phi) is 4.03. The van der Waals surface area contributed by atoms with E-state index in [2.05, 4.69) is 13.0 Å². The zero-order chi connectivity index (χ0) is 12.1. The molecule has 0 aliphatic heterocycles. The molecule has 2 aliphatic rings. The van der Waals surface area contributed by atoms with Crippen LogP contribution in [0.3, 0.4) is 0 Å². The van der Waals surface area contributed by atoms with E-state index in [9.17, 15) is 4.79 Å². The zero-order valence-corrected chi connectivity index (χ0v) is 10.7. The molecule has 0 aromatic heterocycles. The SMILES string of the molecule is CC1(C=COC2CCCCC2)C=CCC(=O)C1. The average Bonchev–Trinajstić information content (AvgIpc) is 2.30. The van der Waals surface area contributed by atoms with Crippen molar-refractivity contribution in [1.29, 1.82) is 0 Å². The van der Waals surface area contributed by atoms with Gasteiger partial charge in [0.15, 0.2) is 0 Å². The van der Waals surface area contributed by atoms with Crippen molar-refractivity contribution in [2.24, 2.45) is 5.41 Å². The molecule has 2 nitrogen and oxygen atoms in total. The summed E-state index contributed by atoms with van der Waals surface area (Å²) in [5.41, 5.74) is -0.135. The third kappa shape index (κ3) is 3.72. The van der Waals surface area contributed by atoms with Gasteiger partial charge in [0.05, 0.1) is 12.4 Å². The van der Waals surface area contributed by atoms with Gasteiger partial charge in [0.1, 0.15) is 5.78 Å². The van der Waals surface area contributed by atoms with Crippen LogP contribution in [0.1, 0.15) is 51.9 Å². The normalized spacial score (nSPS) is 31.0. The van der Waals surface area contributed by atoms with Crippen molar-refractivity contribution in [2.45, 2.75) is 58.0 Å². The van der Waals surface area contributed by atoms with E-state index in [0.717, 1.165) is 0 Å². The number of hydrogen-bond acceptors (Lipinski definition) is 2. The summed E-state index contributed by atoms with van der Waals surface area (Å²) in [6.45, 7) is 2.08. The molecule has 0 heterocycles. The molecule has 0 radical (unpaired) electrons. The summed E-state index contributed by atoms with van der Waals surface area (Å²) in [6.07, 6.45) is 15.8. The molecule has 1 fully saturated rings. The lowest BCUT2D eigenvalue weighted by Gasteiger charge is -2.25. The van der Waals surface area contributed by atoms with Crippen LogP contribution >= 0.6 is 0 Å². The number of carbonyl (C=O) groups excluding carboxylic acids is 1. The Labute approximate surface area is 104 Å². The fourth-order valence-corrected chi connectivity index (χ4v) is 2.64. The van der Waals surface area contributed by atoms with Gasteiger partial charge in [-0.1, -0.05) is 25.5 Å². The number of rotatable bonds is 3. The maximum Gasteiger partial charge on any atom is 0.137 e. The Morgan fingerprint density at radius 3 is 2.82 bits per heavy atom. The van der Waals surface area contributed by atoms with Crippen LogP contribution < -0.4 is 0 Å². The Hall–Kier alpha value is -1.05. The van der Waals surface area contributed by atoms with Gasteiger partial charge in [-0.25, -0.2) is 0 Å². The lowest BCUT2D eigenvalue weighted by Crippen LogP contribution is -2.20. The van der Waals surface area contributed by atoms with Gasteiger partial charge in [-0.3, -0.25) is 4.79 Å². The maximum atomic E-state index is 11.4. The highest BCUT2D eigenvalue weighted by atomic mass is 16.5. The van der Waals surface area contributed by atoms with E-state index in [0.29, 0.717) is 24.7 Å². The Morgan fingerprint density at radius 2 is 2.12 bits per heavy atom. The molecule has 0 N–H and O–H groups in total. The molecule has 94 valence electrons. The Balaban J connectivity index is 1.84. The smallest absolute Gasteiger partial charge is 0.137 e. The molecular formula is C15H22O2. The van der Waals surface area contributed by atoms with E-state index in [4.69, 9.17) is 4.74 Å². The third-order valence-electron chi connectivity index (χ3n) is 3.69. The van der Waals surface area contributed by atoms with Gasteiger partial charge in [-0.2, -0.15) is 0 Å². The van der Waals surface area contributed by atoms with Crippen molar-refractivity contribution in [1.82, 2.24) is 0 Å². The highest BCUT2D eigenvalue weighted by Crippen LogP contribution is 2.30. The molecule has 0 saturated heterocycles. The van der Waals surface area contributed by atoms with Crippen LogP contribution in [0.5, 0.6) is 0 Å². The summed E-state index contributed by atoms with van der Waals surface area (Å²) in [5.74, 6) is 0.317. The van der Waals surface area contributed by atoms with E-state index in [1.807, 2.05) is 18.4 Å². The van der Waals surface area contributed by atoms with E-state index in [-0.39, 0.29) is 5.41 Å². The minimum Gasteiger partial charge on any atom is -0.498 e. The summed E-state index contributed by atoms with van der Waals surface area (Å²) in [6, 6.07) is 0. The first-order chi connectivity index (χ1) is 8.18. The van der Waals surface area contributed by atoms with Gasteiger partial charge >= 0.3 is 0 Å². The van der Waals surface area contributed by atoms with Crippen LogP contribution in [0.15, 0.2) is 24.5 Å². The summed E-state index contributed by atoms with van der Waals surface area (Å²) in [7, 11) is 0. The third-order valence-corrected chi connectivity index (χ3v) is 3.69. The fourth-order valence-electron chi connectivity index (χ4n) is 2.64. The minimum absolute atomic E-state index is 0.135.